The number of pyridine rings is 1. The van der Waals surface area contributed by atoms with Crippen LogP contribution >= 0.6 is 0 Å². The SMILES string of the molecule is COc1ccc2c(c1)nc(C=Cc1ccccc1)n2-c1ccccn1.O=C(O)C(=O)O. The Morgan fingerprint density at radius 2 is 1.65 bits per heavy atom. The van der Waals surface area contributed by atoms with Crippen LogP contribution in [0.5, 0.6) is 5.75 Å². The third-order valence-corrected chi connectivity index (χ3v) is 4.17. The van der Waals surface area contributed by atoms with Crippen LogP contribution in [0, 0.1) is 0 Å². The summed E-state index contributed by atoms with van der Waals surface area (Å²) in [5.41, 5.74) is 2.99. The van der Waals surface area contributed by atoms with Crippen molar-refractivity contribution in [2.45, 2.75) is 0 Å². The maximum absolute atomic E-state index is 9.10. The predicted molar refractivity (Wildman–Crippen MR) is 116 cm³/mol. The molecule has 0 aliphatic carbocycles. The molecule has 2 aromatic heterocycles. The summed E-state index contributed by atoms with van der Waals surface area (Å²) in [5, 5.41) is 14.8. The first kappa shape index (κ1) is 21.3. The van der Waals surface area contributed by atoms with Crippen LogP contribution in [-0.4, -0.2) is 43.8 Å². The lowest BCUT2D eigenvalue weighted by atomic mass is 10.2. The van der Waals surface area contributed by atoms with Crippen molar-refractivity contribution in [2.75, 3.05) is 7.11 Å². The van der Waals surface area contributed by atoms with Gasteiger partial charge in [-0.2, -0.15) is 0 Å². The van der Waals surface area contributed by atoms with Crippen molar-refractivity contribution < 1.29 is 24.5 Å². The second kappa shape index (κ2) is 9.84. The van der Waals surface area contributed by atoms with E-state index in [1.807, 2.05) is 65.2 Å². The molecule has 0 atom stereocenters. The molecule has 2 aromatic carbocycles. The Bertz CT molecular complexity index is 1210. The first-order chi connectivity index (χ1) is 15.0. The van der Waals surface area contributed by atoms with Crippen LogP contribution in [0.3, 0.4) is 0 Å². The topological polar surface area (TPSA) is 115 Å². The van der Waals surface area contributed by atoms with Crippen LogP contribution in [0.4, 0.5) is 0 Å². The van der Waals surface area contributed by atoms with Gasteiger partial charge in [-0.15, -0.1) is 0 Å². The highest BCUT2D eigenvalue weighted by atomic mass is 16.5. The van der Waals surface area contributed by atoms with Gasteiger partial charge in [0.15, 0.2) is 0 Å². The van der Waals surface area contributed by atoms with E-state index in [9.17, 15) is 0 Å². The molecular weight excluding hydrogens is 398 g/mol. The number of fused-ring (bicyclic) bond motifs is 1. The maximum Gasteiger partial charge on any atom is 0.414 e. The molecule has 0 radical (unpaired) electrons. The number of hydrogen-bond donors (Lipinski definition) is 2. The van der Waals surface area contributed by atoms with Crippen LogP contribution in [-0.2, 0) is 9.59 Å². The van der Waals surface area contributed by atoms with E-state index in [-0.39, 0.29) is 0 Å². The molecule has 4 rings (SSSR count). The lowest BCUT2D eigenvalue weighted by Gasteiger charge is -2.06. The Morgan fingerprint density at radius 1 is 0.935 bits per heavy atom. The number of carboxylic acids is 2. The van der Waals surface area contributed by atoms with Gasteiger partial charge in [0, 0.05) is 12.3 Å². The molecule has 0 fully saturated rings. The summed E-state index contributed by atoms with van der Waals surface area (Å²) in [7, 11) is 1.66. The lowest BCUT2D eigenvalue weighted by molar-refractivity contribution is -0.159. The Balaban J connectivity index is 0.000000401. The quantitative estimate of drug-likeness (QED) is 0.486. The molecule has 0 saturated carbocycles. The highest BCUT2D eigenvalue weighted by Gasteiger charge is 2.12. The Labute approximate surface area is 177 Å². The standard InChI is InChI=1S/C21H17N3O.C2H2O4/c1-25-17-11-12-19-18(15-17)23-21(13-10-16-7-3-2-4-8-16)24(19)20-9-5-6-14-22-20;3-1(4)2(5)6/h2-15H,1H3;(H,3,4)(H,5,6). The molecule has 0 aliphatic rings. The van der Waals surface area contributed by atoms with Gasteiger partial charge >= 0.3 is 11.9 Å². The smallest absolute Gasteiger partial charge is 0.414 e. The van der Waals surface area contributed by atoms with Gasteiger partial charge in [-0.05, 0) is 35.9 Å². The zero-order valence-corrected chi connectivity index (χ0v) is 16.5. The van der Waals surface area contributed by atoms with E-state index >= 15 is 0 Å². The summed E-state index contributed by atoms with van der Waals surface area (Å²) in [6.07, 6.45) is 5.85. The number of benzene rings is 2. The molecule has 156 valence electrons. The molecule has 0 bridgehead atoms. The molecule has 0 spiro atoms. The Hall–Kier alpha value is -4.46. The zero-order chi connectivity index (χ0) is 22.2. The van der Waals surface area contributed by atoms with Gasteiger partial charge in [-0.1, -0.05) is 42.5 Å². The number of methoxy groups -OCH3 is 1. The number of aliphatic carboxylic acids is 2. The third kappa shape index (κ3) is 5.33. The average Bonchev–Trinajstić information content (AvgIpc) is 3.16. The van der Waals surface area contributed by atoms with Crippen LogP contribution in [0.15, 0.2) is 72.9 Å². The minimum absolute atomic E-state index is 0.789. The van der Waals surface area contributed by atoms with Gasteiger partial charge in [-0.25, -0.2) is 19.6 Å². The Morgan fingerprint density at radius 3 is 2.26 bits per heavy atom. The number of carboxylic acid groups (broad SMARTS) is 2. The van der Waals surface area contributed by atoms with E-state index in [0.717, 1.165) is 34.0 Å². The fourth-order valence-electron chi connectivity index (χ4n) is 2.78. The van der Waals surface area contributed by atoms with Gasteiger partial charge in [-0.3, -0.25) is 4.57 Å². The number of rotatable bonds is 4. The maximum atomic E-state index is 9.10. The lowest BCUT2D eigenvalue weighted by Crippen LogP contribution is -2.09. The van der Waals surface area contributed by atoms with Crippen molar-refractivity contribution in [1.82, 2.24) is 14.5 Å². The number of imidazole rings is 1. The third-order valence-electron chi connectivity index (χ3n) is 4.17. The predicted octanol–water partition coefficient (Wildman–Crippen LogP) is 3.76. The monoisotopic (exact) mass is 417 g/mol. The zero-order valence-electron chi connectivity index (χ0n) is 16.5. The molecule has 0 unspecified atom stereocenters. The molecule has 31 heavy (non-hydrogen) atoms. The second-order valence-corrected chi connectivity index (χ2v) is 6.20. The summed E-state index contributed by atoms with van der Waals surface area (Å²) in [5.74, 6) is -1.20. The van der Waals surface area contributed by atoms with Gasteiger partial charge < -0.3 is 14.9 Å². The highest BCUT2D eigenvalue weighted by Crippen LogP contribution is 2.25. The van der Waals surface area contributed by atoms with Crippen LogP contribution in [0.2, 0.25) is 0 Å². The van der Waals surface area contributed by atoms with Gasteiger partial charge in [0.2, 0.25) is 0 Å². The highest BCUT2D eigenvalue weighted by molar-refractivity contribution is 6.27. The molecular formula is C23H19N3O5. The average molecular weight is 417 g/mol. The Kier molecular flexibility index (Phi) is 6.74. The summed E-state index contributed by atoms with van der Waals surface area (Å²) < 4.78 is 7.37. The van der Waals surface area contributed by atoms with Crippen molar-refractivity contribution in [3.05, 3.63) is 84.3 Å². The summed E-state index contributed by atoms with van der Waals surface area (Å²) in [6, 6.07) is 21.9. The van der Waals surface area contributed by atoms with Gasteiger partial charge in [0.1, 0.15) is 17.4 Å². The van der Waals surface area contributed by atoms with E-state index in [4.69, 9.17) is 29.5 Å². The normalized spacial score (nSPS) is 10.5. The number of aromatic nitrogens is 3. The van der Waals surface area contributed by atoms with Gasteiger partial charge in [0.25, 0.3) is 0 Å². The molecule has 8 nitrogen and oxygen atoms in total. The molecule has 0 amide bonds. The molecule has 2 N–H and O–H groups in total. The summed E-state index contributed by atoms with van der Waals surface area (Å²) >= 11 is 0. The number of ether oxygens (including phenoxy) is 1. The molecule has 0 aliphatic heterocycles. The minimum Gasteiger partial charge on any atom is -0.497 e. The molecule has 8 heteroatoms. The molecule has 2 heterocycles. The fraction of sp³-hybridized carbons (Fsp3) is 0.0435. The first-order valence-electron chi connectivity index (χ1n) is 9.17. The minimum atomic E-state index is -1.82. The van der Waals surface area contributed by atoms with E-state index in [1.165, 1.54) is 0 Å². The largest absolute Gasteiger partial charge is 0.497 e. The second-order valence-electron chi connectivity index (χ2n) is 6.20. The molecule has 4 aromatic rings. The van der Waals surface area contributed by atoms with Crippen molar-refractivity contribution in [3.63, 3.8) is 0 Å². The van der Waals surface area contributed by atoms with Crippen LogP contribution in [0.1, 0.15) is 11.4 Å². The number of hydrogen-bond acceptors (Lipinski definition) is 5. The van der Waals surface area contributed by atoms with Crippen molar-refractivity contribution >= 4 is 35.1 Å². The van der Waals surface area contributed by atoms with Crippen molar-refractivity contribution in [2.24, 2.45) is 0 Å². The fourth-order valence-corrected chi connectivity index (χ4v) is 2.78. The van der Waals surface area contributed by atoms with Gasteiger partial charge in [0.05, 0.1) is 18.1 Å². The van der Waals surface area contributed by atoms with Crippen molar-refractivity contribution in [3.8, 4) is 11.6 Å². The van der Waals surface area contributed by atoms with E-state index in [2.05, 4.69) is 23.2 Å². The first-order valence-corrected chi connectivity index (χ1v) is 9.17. The molecule has 0 saturated heterocycles. The van der Waals surface area contributed by atoms with Crippen LogP contribution in [0.25, 0.3) is 29.0 Å². The van der Waals surface area contributed by atoms with E-state index in [1.54, 1.807) is 13.3 Å². The number of carbonyl (C=O) groups is 2. The van der Waals surface area contributed by atoms with Crippen LogP contribution < -0.4 is 4.74 Å². The van der Waals surface area contributed by atoms with Crippen molar-refractivity contribution in [1.29, 1.82) is 0 Å². The summed E-state index contributed by atoms with van der Waals surface area (Å²) in [4.78, 5) is 27.5. The van der Waals surface area contributed by atoms with E-state index in [0.29, 0.717) is 0 Å². The summed E-state index contributed by atoms with van der Waals surface area (Å²) in [6.45, 7) is 0. The number of nitrogens with zero attached hydrogens (tertiary/aromatic N) is 3. The van der Waals surface area contributed by atoms with E-state index < -0.39 is 11.9 Å².